The Morgan fingerprint density at radius 2 is 2.39 bits per heavy atom. The summed E-state index contributed by atoms with van der Waals surface area (Å²) in [6.45, 7) is 3.12. The van der Waals surface area contributed by atoms with Crippen molar-refractivity contribution in [3.63, 3.8) is 0 Å². The number of hydrogen-bond donors (Lipinski definition) is 1. The van der Waals surface area contributed by atoms with Crippen LogP contribution in [0.3, 0.4) is 0 Å². The SMILES string of the molecule is CCn1cc(Br)cc1C(=O)NCc1cccnn1. The van der Waals surface area contributed by atoms with Gasteiger partial charge in [0.25, 0.3) is 5.91 Å². The maximum absolute atomic E-state index is 12.0. The lowest BCUT2D eigenvalue weighted by atomic mass is 10.3. The van der Waals surface area contributed by atoms with Crippen LogP contribution in [0.4, 0.5) is 0 Å². The minimum atomic E-state index is -0.117. The predicted octanol–water partition coefficient (Wildman–Crippen LogP) is 1.99. The number of aryl methyl sites for hydroxylation is 1. The van der Waals surface area contributed by atoms with Gasteiger partial charge in [0.1, 0.15) is 5.69 Å². The molecular formula is C12H13BrN4O. The summed E-state index contributed by atoms with van der Waals surface area (Å²) in [7, 11) is 0. The number of nitrogens with one attached hydrogen (secondary N) is 1. The average Bonchev–Trinajstić information content (AvgIpc) is 2.78. The Morgan fingerprint density at radius 1 is 1.56 bits per heavy atom. The van der Waals surface area contributed by atoms with Crippen LogP contribution in [0.5, 0.6) is 0 Å². The Hall–Kier alpha value is -1.69. The zero-order chi connectivity index (χ0) is 13.0. The summed E-state index contributed by atoms with van der Waals surface area (Å²) in [5.41, 5.74) is 1.37. The van der Waals surface area contributed by atoms with Gasteiger partial charge in [0.05, 0.1) is 12.2 Å². The molecule has 0 fully saturated rings. The van der Waals surface area contributed by atoms with Crippen LogP contribution < -0.4 is 5.32 Å². The summed E-state index contributed by atoms with van der Waals surface area (Å²) in [6, 6.07) is 5.41. The molecule has 2 rings (SSSR count). The molecule has 5 nitrogen and oxygen atoms in total. The number of amides is 1. The largest absolute Gasteiger partial charge is 0.345 e. The lowest BCUT2D eigenvalue weighted by molar-refractivity contribution is 0.0941. The third-order valence-electron chi connectivity index (χ3n) is 2.49. The van der Waals surface area contributed by atoms with E-state index in [4.69, 9.17) is 0 Å². The standard InChI is InChI=1S/C12H13BrN4O/c1-2-17-8-9(13)6-11(17)12(18)14-7-10-4-3-5-15-16-10/h3-6,8H,2,7H2,1H3,(H,14,18). The third kappa shape index (κ3) is 2.95. The first-order chi connectivity index (χ1) is 8.70. The summed E-state index contributed by atoms with van der Waals surface area (Å²) < 4.78 is 2.78. The van der Waals surface area contributed by atoms with Crippen molar-refractivity contribution in [3.05, 3.63) is 46.5 Å². The van der Waals surface area contributed by atoms with Crippen molar-refractivity contribution < 1.29 is 4.79 Å². The van der Waals surface area contributed by atoms with Crippen LogP contribution in [0.25, 0.3) is 0 Å². The molecule has 2 heterocycles. The highest BCUT2D eigenvalue weighted by molar-refractivity contribution is 9.10. The van der Waals surface area contributed by atoms with Crippen LogP contribution in [0, 0.1) is 0 Å². The van der Waals surface area contributed by atoms with Crippen molar-refractivity contribution in [1.82, 2.24) is 20.1 Å². The Morgan fingerprint density at radius 3 is 3.06 bits per heavy atom. The number of carbonyl (C=O) groups excluding carboxylic acids is 1. The van der Waals surface area contributed by atoms with Gasteiger partial charge in [0.2, 0.25) is 0 Å². The van der Waals surface area contributed by atoms with E-state index in [1.807, 2.05) is 23.8 Å². The summed E-state index contributed by atoms with van der Waals surface area (Å²) in [5.74, 6) is -0.117. The first-order valence-corrected chi connectivity index (χ1v) is 6.40. The Balaban J connectivity index is 2.04. The number of rotatable bonds is 4. The Bertz CT molecular complexity index is 538. The number of aromatic nitrogens is 3. The molecule has 0 spiro atoms. The fourth-order valence-corrected chi connectivity index (χ4v) is 2.08. The third-order valence-corrected chi connectivity index (χ3v) is 2.93. The molecule has 0 aliphatic heterocycles. The van der Waals surface area contributed by atoms with E-state index in [1.54, 1.807) is 18.3 Å². The minimum absolute atomic E-state index is 0.117. The van der Waals surface area contributed by atoms with Crippen LogP contribution >= 0.6 is 15.9 Å². The van der Waals surface area contributed by atoms with Crippen LogP contribution in [0.1, 0.15) is 23.1 Å². The van der Waals surface area contributed by atoms with Gasteiger partial charge in [-0.2, -0.15) is 10.2 Å². The minimum Gasteiger partial charge on any atom is -0.345 e. The first kappa shape index (κ1) is 12.8. The molecule has 0 saturated heterocycles. The predicted molar refractivity (Wildman–Crippen MR) is 71.0 cm³/mol. The second-order valence-electron chi connectivity index (χ2n) is 3.73. The molecule has 0 aromatic carbocycles. The topological polar surface area (TPSA) is 59.8 Å². The zero-order valence-electron chi connectivity index (χ0n) is 9.93. The monoisotopic (exact) mass is 308 g/mol. The van der Waals surface area contributed by atoms with Crippen molar-refractivity contribution in [1.29, 1.82) is 0 Å². The molecule has 2 aromatic rings. The summed E-state index contributed by atoms with van der Waals surface area (Å²) in [4.78, 5) is 12.0. The molecule has 0 aliphatic rings. The molecule has 1 N–H and O–H groups in total. The number of halogens is 1. The van der Waals surface area contributed by atoms with E-state index in [-0.39, 0.29) is 5.91 Å². The lowest BCUT2D eigenvalue weighted by Crippen LogP contribution is -2.25. The van der Waals surface area contributed by atoms with E-state index in [1.165, 1.54) is 0 Å². The van der Waals surface area contributed by atoms with Crippen LogP contribution in [-0.4, -0.2) is 20.7 Å². The van der Waals surface area contributed by atoms with E-state index < -0.39 is 0 Å². The quantitative estimate of drug-likeness (QED) is 0.939. The van der Waals surface area contributed by atoms with Crippen molar-refractivity contribution in [2.24, 2.45) is 0 Å². The van der Waals surface area contributed by atoms with Gasteiger partial charge in [-0.25, -0.2) is 0 Å². The van der Waals surface area contributed by atoms with E-state index in [0.29, 0.717) is 12.2 Å². The van der Waals surface area contributed by atoms with Gasteiger partial charge >= 0.3 is 0 Å². The fraction of sp³-hybridized carbons (Fsp3) is 0.250. The van der Waals surface area contributed by atoms with Gasteiger partial charge < -0.3 is 9.88 Å². The summed E-state index contributed by atoms with van der Waals surface area (Å²) in [5, 5.41) is 10.5. The molecule has 94 valence electrons. The normalized spacial score (nSPS) is 10.3. The second-order valence-corrected chi connectivity index (χ2v) is 4.64. The Kier molecular flexibility index (Phi) is 4.09. The van der Waals surface area contributed by atoms with Crippen molar-refractivity contribution in [3.8, 4) is 0 Å². The van der Waals surface area contributed by atoms with Crippen LogP contribution in [-0.2, 0) is 13.1 Å². The van der Waals surface area contributed by atoms with Gasteiger partial charge in [-0.1, -0.05) is 0 Å². The molecule has 0 aliphatic carbocycles. The molecule has 18 heavy (non-hydrogen) atoms. The maximum atomic E-state index is 12.0. The van der Waals surface area contributed by atoms with Crippen molar-refractivity contribution in [2.45, 2.75) is 20.0 Å². The van der Waals surface area contributed by atoms with Crippen molar-refractivity contribution >= 4 is 21.8 Å². The van der Waals surface area contributed by atoms with Crippen molar-refractivity contribution in [2.75, 3.05) is 0 Å². The second kappa shape index (κ2) is 5.77. The van der Waals surface area contributed by atoms with E-state index in [2.05, 4.69) is 31.4 Å². The number of nitrogens with zero attached hydrogens (tertiary/aromatic N) is 3. The van der Waals surface area contributed by atoms with Crippen LogP contribution in [0.15, 0.2) is 35.1 Å². The molecule has 0 atom stereocenters. The van der Waals surface area contributed by atoms with Gasteiger partial charge in [-0.3, -0.25) is 4.79 Å². The highest BCUT2D eigenvalue weighted by Crippen LogP contribution is 2.14. The maximum Gasteiger partial charge on any atom is 0.268 e. The summed E-state index contributed by atoms with van der Waals surface area (Å²) >= 11 is 3.36. The molecule has 0 saturated carbocycles. The highest BCUT2D eigenvalue weighted by atomic mass is 79.9. The number of hydrogen-bond acceptors (Lipinski definition) is 3. The van der Waals surface area contributed by atoms with Crippen LogP contribution in [0.2, 0.25) is 0 Å². The zero-order valence-corrected chi connectivity index (χ0v) is 11.5. The average molecular weight is 309 g/mol. The lowest BCUT2D eigenvalue weighted by Gasteiger charge is -2.06. The number of carbonyl (C=O) groups is 1. The first-order valence-electron chi connectivity index (χ1n) is 5.61. The Labute approximate surface area is 113 Å². The van der Waals surface area contributed by atoms with Gasteiger partial charge in [-0.05, 0) is 41.1 Å². The van der Waals surface area contributed by atoms with Gasteiger partial charge in [0, 0.05) is 23.4 Å². The molecule has 0 radical (unpaired) electrons. The van der Waals surface area contributed by atoms with Gasteiger partial charge in [-0.15, -0.1) is 0 Å². The smallest absolute Gasteiger partial charge is 0.268 e. The molecular weight excluding hydrogens is 296 g/mol. The van der Waals surface area contributed by atoms with Gasteiger partial charge in [0.15, 0.2) is 0 Å². The van der Waals surface area contributed by atoms with E-state index >= 15 is 0 Å². The molecule has 0 bridgehead atoms. The molecule has 0 unspecified atom stereocenters. The summed E-state index contributed by atoms with van der Waals surface area (Å²) in [6.07, 6.45) is 3.49. The highest BCUT2D eigenvalue weighted by Gasteiger charge is 2.11. The molecule has 1 amide bonds. The van der Waals surface area contributed by atoms with E-state index in [0.717, 1.165) is 16.7 Å². The molecule has 6 heteroatoms. The molecule has 2 aromatic heterocycles. The fourth-order valence-electron chi connectivity index (χ4n) is 1.62. The van der Waals surface area contributed by atoms with E-state index in [9.17, 15) is 4.79 Å².